The largest absolute Gasteiger partial charge is 0.473 e. The Morgan fingerprint density at radius 2 is 1.91 bits per heavy atom. The van der Waals surface area contributed by atoms with Crippen LogP contribution in [0.2, 0.25) is 0 Å². The van der Waals surface area contributed by atoms with Gasteiger partial charge in [0.2, 0.25) is 0 Å². The second-order valence-corrected chi connectivity index (χ2v) is 11.9. The van der Waals surface area contributed by atoms with Gasteiger partial charge in [0.25, 0.3) is 5.19 Å². The summed E-state index contributed by atoms with van der Waals surface area (Å²) in [5.74, 6) is 0.595. The van der Waals surface area contributed by atoms with Gasteiger partial charge in [-0.2, -0.15) is 0 Å². The van der Waals surface area contributed by atoms with Crippen LogP contribution in [0, 0.1) is 6.92 Å². The number of fused-ring (bicyclic) bond motifs is 2. The maximum Gasteiger partial charge on any atom is 0.322 e. The van der Waals surface area contributed by atoms with Crippen molar-refractivity contribution >= 4 is 33.9 Å². The topological polar surface area (TPSA) is 84.4 Å². The molecule has 3 heterocycles. The number of carbonyl (C=O) groups excluding carboxylic acids is 1. The Labute approximate surface area is 212 Å². The first-order valence-electron chi connectivity index (χ1n) is 12.0. The number of hydrogen-bond donors (Lipinski definition) is 1. The minimum Gasteiger partial charge on any atom is -0.473 e. The lowest BCUT2D eigenvalue weighted by atomic mass is 9.84. The fourth-order valence-corrected chi connectivity index (χ4v) is 6.80. The Bertz CT molecular complexity index is 1270. The van der Waals surface area contributed by atoms with Crippen molar-refractivity contribution in [3.05, 3.63) is 53.3 Å². The van der Waals surface area contributed by atoms with Crippen molar-refractivity contribution in [3.8, 4) is 15.8 Å². The molecular weight excluding hydrogens is 480 g/mol. The molecule has 0 saturated heterocycles. The van der Waals surface area contributed by atoms with Gasteiger partial charge in [0.15, 0.2) is 0 Å². The molecule has 1 aliphatic carbocycles. The van der Waals surface area contributed by atoms with E-state index in [0.29, 0.717) is 24.0 Å². The second-order valence-electron chi connectivity index (χ2n) is 9.17. The zero-order valence-electron chi connectivity index (χ0n) is 20.3. The molecule has 0 bridgehead atoms. The van der Waals surface area contributed by atoms with E-state index < -0.39 is 10.8 Å². The van der Waals surface area contributed by atoms with Crippen LogP contribution >= 0.6 is 11.3 Å². The van der Waals surface area contributed by atoms with Gasteiger partial charge in [-0.1, -0.05) is 43.2 Å². The van der Waals surface area contributed by atoms with E-state index in [4.69, 9.17) is 9.72 Å². The zero-order valence-corrected chi connectivity index (χ0v) is 21.9. The summed E-state index contributed by atoms with van der Waals surface area (Å²) >= 11 is 1.50. The average Bonchev–Trinajstić information content (AvgIpc) is 3.60. The molecular formula is C26H30N4O3S2. The van der Waals surface area contributed by atoms with Crippen LogP contribution in [0.15, 0.2) is 41.3 Å². The molecule has 35 heavy (non-hydrogen) atoms. The van der Waals surface area contributed by atoms with Crippen molar-refractivity contribution in [2.45, 2.75) is 56.4 Å². The van der Waals surface area contributed by atoms with Crippen molar-refractivity contribution in [1.82, 2.24) is 15.3 Å². The van der Waals surface area contributed by atoms with Gasteiger partial charge in [0.1, 0.15) is 0 Å². The van der Waals surface area contributed by atoms with Gasteiger partial charge >= 0.3 is 6.03 Å². The van der Waals surface area contributed by atoms with Gasteiger partial charge in [0, 0.05) is 29.2 Å². The molecule has 1 fully saturated rings. The zero-order chi connectivity index (χ0) is 24.6. The van der Waals surface area contributed by atoms with E-state index in [9.17, 15) is 9.00 Å². The number of thiazole rings is 1. The Morgan fingerprint density at radius 3 is 2.57 bits per heavy atom. The standard InChI is InChI=1S/C26H30N4O3S2/c1-4-35(32)19-9-7-18(8-10-19)15-27-24(31)30-16-26(13-5-6-14-26)23-21(30)12-11-20(29-23)22-17(2)28-25(33-3)34-22/h7-12H,4-6,13-16H2,1-3H3,(H,27,31). The number of benzene rings is 1. The first-order valence-corrected chi connectivity index (χ1v) is 14.1. The highest BCUT2D eigenvalue weighted by atomic mass is 32.2. The summed E-state index contributed by atoms with van der Waals surface area (Å²) in [6, 6.07) is 11.5. The molecule has 2 aliphatic rings. The summed E-state index contributed by atoms with van der Waals surface area (Å²) in [4.78, 5) is 26.6. The molecule has 1 unspecified atom stereocenters. The minimum atomic E-state index is -0.973. The number of amides is 2. The summed E-state index contributed by atoms with van der Waals surface area (Å²) < 4.78 is 17.3. The molecule has 1 N–H and O–H groups in total. The van der Waals surface area contributed by atoms with Crippen LogP contribution in [0.25, 0.3) is 10.6 Å². The number of aromatic nitrogens is 2. The normalized spacial score (nSPS) is 16.9. The molecule has 1 saturated carbocycles. The predicted octanol–water partition coefficient (Wildman–Crippen LogP) is 5.19. The molecule has 3 aromatic rings. The number of pyridine rings is 1. The third-order valence-electron chi connectivity index (χ3n) is 7.01. The molecule has 2 amide bonds. The minimum absolute atomic E-state index is 0.0861. The first-order chi connectivity index (χ1) is 16.9. The highest BCUT2D eigenvalue weighted by Gasteiger charge is 2.47. The smallest absolute Gasteiger partial charge is 0.322 e. The number of nitrogens with zero attached hydrogens (tertiary/aromatic N) is 3. The summed E-state index contributed by atoms with van der Waals surface area (Å²) in [5.41, 5.74) is 4.61. The monoisotopic (exact) mass is 510 g/mol. The Kier molecular flexibility index (Phi) is 6.63. The lowest BCUT2D eigenvalue weighted by Gasteiger charge is -2.24. The molecule has 1 spiro atoms. The van der Waals surface area contributed by atoms with E-state index in [1.54, 1.807) is 7.11 Å². The van der Waals surface area contributed by atoms with Crippen molar-refractivity contribution in [2.75, 3.05) is 24.3 Å². The third-order valence-corrected chi connectivity index (χ3v) is 9.47. The van der Waals surface area contributed by atoms with Gasteiger partial charge in [-0.15, -0.1) is 0 Å². The van der Waals surface area contributed by atoms with Crippen LogP contribution in [-0.4, -0.2) is 39.6 Å². The Hall–Kier alpha value is -2.78. The van der Waals surface area contributed by atoms with Crippen LogP contribution in [0.3, 0.4) is 0 Å². The number of hydrogen-bond acceptors (Lipinski definition) is 6. The van der Waals surface area contributed by atoms with Crippen LogP contribution in [-0.2, 0) is 22.8 Å². The van der Waals surface area contributed by atoms with Crippen LogP contribution < -0.4 is 15.0 Å². The Morgan fingerprint density at radius 1 is 1.17 bits per heavy atom. The molecule has 9 heteroatoms. The van der Waals surface area contributed by atoms with Crippen LogP contribution in [0.1, 0.15) is 49.6 Å². The maximum atomic E-state index is 13.3. The van der Waals surface area contributed by atoms with Crippen LogP contribution in [0.4, 0.5) is 10.5 Å². The molecule has 5 rings (SSSR count). The van der Waals surface area contributed by atoms with Crippen molar-refractivity contribution in [1.29, 1.82) is 0 Å². The lowest BCUT2D eigenvalue weighted by molar-refractivity contribution is 0.245. The highest BCUT2D eigenvalue weighted by Crippen LogP contribution is 2.50. The molecule has 0 radical (unpaired) electrons. The van der Waals surface area contributed by atoms with E-state index in [2.05, 4.69) is 10.3 Å². The number of aryl methyl sites for hydroxylation is 1. The number of methoxy groups -OCH3 is 1. The van der Waals surface area contributed by atoms with Crippen LogP contribution in [0.5, 0.6) is 5.19 Å². The number of rotatable bonds is 6. The fraction of sp³-hybridized carbons (Fsp3) is 0.423. The number of anilines is 1. The van der Waals surface area contributed by atoms with E-state index in [1.165, 1.54) is 11.3 Å². The van der Waals surface area contributed by atoms with Gasteiger partial charge in [0.05, 0.1) is 45.6 Å². The van der Waals surface area contributed by atoms with Gasteiger partial charge in [-0.3, -0.25) is 9.11 Å². The van der Waals surface area contributed by atoms with E-state index in [0.717, 1.165) is 63.8 Å². The molecule has 1 atom stereocenters. The number of urea groups is 1. The molecule has 184 valence electrons. The number of nitrogens with one attached hydrogen (secondary N) is 1. The number of carbonyl (C=O) groups is 1. The van der Waals surface area contributed by atoms with Gasteiger partial charge in [-0.05, 0) is 49.6 Å². The number of ether oxygens (including phenoxy) is 1. The quantitative estimate of drug-likeness (QED) is 0.493. The van der Waals surface area contributed by atoms with E-state index in [1.807, 2.05) is 55.1 Å². The van der Waals surface area contributed by atoms with Gasteiger partial charge < -0.3 is 10.1 Å². The highest BCUT2D eigenvalue weighted by molar-refractivity contribution is 7.85. The summed E-state index contributed by atoms with van der Waals surface area (Å²) in [7, 11) is 0.655. The maximum absolute atomic E-state index is 13.3. The van der Waals surface area contributed by atoms with Crippen molar-refractivity contribution in [2.24, 2.45) is 0 Å². The molecule has 7 nitrogen and oxygen atoms in total. The van der Waals surface area contributed by atoms with E-state index >= 15 is 0 Å². The lowest BCUT2D eigenvalue weighted by Crippen LogP contribution is -2.41. The van der Waals surface area contributed by atoms with Gasteiger partial charge in [-0.25, -0.2) is 14.8 Å². The SMILES string of the molecule is CCS(=O)c1ccc(CNC(=O)N2CC3(CCCC3)c3nc(-c4sc(OC)nc4C)ccc32)cc1. The molecule has 1 aliphatic heterocycles. The van der Waals surface area contributed by atoms with Crippen molar-refractivity contribution < 1.29 is 13.7 Å². The second kappa shape index (κ2) is 9.70. The fourth-order valence-electron chi connectivity index (χ4n) is 5.17. The summed E-state index contributed by atoms with van der Waals surface area (Å²) in [5, 5.41) is 3.71. The Balaban J connectivity index is 1.38. The summed E-state index contributed by atoms with van der Waals surface area (Å²) in [6.07, 6.45) is 4.39. The average molecular weight is 511 g/mol. The van der Waals surface area contributed by atoms with E-state index in [-0.39, 0.29) is 11.4 Å². The first kappa shape index (κ1) is 23.9. The summed E-state index contributed by atoms with van der Waals surface area (Å²) in [6.45, 7) is 4.95. The molecule has 2 aromatic heterocycles. The predicted molar refractivity (Wildman–Crippen MR) is 140 cm³/mol. The molecule has 1 aromatic carbocycles. The van der Waals surface area contributed by atoms with Crippen molar-refractivity contribution in [3.63, 3.8) is 0 Å². The third kappa shape index (κ3) is 4.47.